The largest absolute Gasteiger partial charge is 0.392 e. The zero-order valence-electron chi connectivity index (χ0n) is 23.4. The molecule has 206 valence electrons. The fourth-order valence-electron chi connectivity index (χ4n) is 3.69. The van der Waals surface area contributed by atoms with Crippen molar-refractivity contribution < 1.29 is 20.4 Å². The van der Waals surface area contributed by atoms with Crippen LogP contribution >= 0.6 is 0 Å². The average Bonchev–Trinajstić information content (AvgIpc) is 2.73. The number of hydrogen-bond acceptors (Lipinski definition) is 8. The smallest absolute Gasteiger partial charge is 0.0697 e. The van der Waals surface area contributed by atoms with Crippen LogP contribution in [0.1, 0.15) is 61.8 Å². The highest BCUT2D eigenvalue weighted by molar-refractivity contribution is 4.80. The van der Waals surface area contributed by atoms with Gasteiger partial charge in [0, 0.05) is 65.4 Å². The molecular weight excluding hydrogens is 432 g/mol. The maximum absolute atomic E-state index is 10.6. The molecule has 8 heteroatoms. The molecule has 8 nitrogen and oxygen atoms in total. The molecule has 0 aliphatic rings. The quantitative estimate of drug-likeness (QED) is 0.140. The molecule has 0 spiro atoms. The molecule has 5 atom stereocenters. The van der Waals surface area contributed by atoms with Crippen LogP contribution in [0.4, 0.5) is 0 Å². The monoisotopic (exact) mass is 490 g/mol. The Hall–Kier alpha value is -0.320. The molecule has 0 amide bonds. The predicted molar refractivity (Wildman–Crippen MR) is 142 cm³/mol. The molecular formula is C26H58N4O4. The minimum absolute atomic E-state index is 0.0386. The number of aliphatic hydroxyl groups is 4. The van der Waals surface area contributed by atoms with Gasteiger partial charge in [0.25, 0.3) is 0 Å². The van der Waals surface area contributed by atoms with Gasteiger partial charge in [-0.05, 0) is 30.6 Å². The molecule has 0 radical (unpaired) electrons. The second kappa shape index (κ2) is 18.0. The standard InChI is InChI=1S/C26H58N4O4/c1-9-23(32)17-30(18-24(33)20(2)3)15-13-28-11-10-27-12-14-29(16-21(4)31)19-25(34)22(5)26(6,7)8/h20-25,27-28,31-34H,9-19H2,1-8H3. The van der Waals surface area contributed by atoms with Gasteiger partial charge in [-0.1, -0.05) is 48.5 Å². The second-order valence-electron chi connectivity index (χ2n) is 11.5. The molecule has 0 saturated carbocycles. The van der Waals surface area contributed by atoms with Gasteiger partial charge in [0.05, 0.1) is 24.4 Å². The van der Waals surface area contributed by atoms with E-state index in [1.165, 1.54) is 0 Å². The molecule has 0 aromatic heterocycles. The van der Waals surface area contributed by atoms with Gasteiger partial charge < -0.3 is 31.1 Å². The number of nitrogens with zero attached hydrogens (tertiary/aromatic N) is 2. The van der Waals surface area contributed by atoms with Crippen LogP contribution in [0.2, 0.25) is 0 Å². The lowest BCUT2D eigenvalue weighted by Gasteiger charge is -2.35. The molecule has 0 aromatic carbocycles. The van der Waals surface area contributed by atoms with E-state index < -0.39 is 12.2 Å². The van der Waals surface area contributed by atoms with E-state index in [0.717, 1.165) is 39.3 Å². The van der Waals surface area contributed by atoms with E-state index in [2.05, 4.69) is 48.1 Å². The van der Waals surface area contributed by atoms with E-state index in [1.54, 1.807) is 6.92 Å². The van der Waals surface area contributed by atoms with Crippen molar-refractivity contribution in [2.24, 2.45) is 17.3 Å². The Morgan fingerprint density at radius 1 is 0.676 bits per heavy atom. The molecule has 0 fully saturated rings. The van der Waals surface area contributed by atoms with Crippen molar-refractivity contribution in [3.63, 3.8) is 0 Å². The minimum Gasteiger partial charge on any atom is -0.392 e. The van der Waals surface area contributed by atoms with Gasteiger partial charge in [-0.15, -0.1) is 0 Å². The van der Waals surface area contributed by atoms with Crippen LogP contribution < -0.4 is 10.6 Å². The van der Waals surface area contributed by atoms with Gasteiger partial charge in [-0.3, -0.25) is 9.80 Å². The lowest BCUT2D eigenvalue weighted by Crippen LogP contribution is -2.45. The molecule has 0 aromatic rings. The maximum Gasteiger partial charge on any atom is 0.0697 e. The van der Waals surface area contributed by atoms with Gasteiger partial charge in [-0.25, -0.2) is 0 Å². The number of nitrogens with one attached hydrogen (secondary N) is 2. The Labute approximate surface area is 210 Å². The maximum atomic E-state index is 10.6. The summed E-state index contributed by atoms with van der Waals surface area (Å²) in [7, 11) is 0. The van der Waals surface area contributed by atoms with Gasteiger partial charge in [0.15, 0.2) is 0 Å². The van der Waals surface area contributed by atoms with Crippen LogP contribution in [0.3, 0.4) is 0 Å². The van der Waals surface area contributed by atoms with E-state index >= 15 is 0 Å². The Morgan fingerprint density at radius 3 is 1.56 bits per heavy atom. The topological polar surface area (TPSA) is 111 Å². The first kappa shape index (κ1) is 33.7. The zero-order valence-corrected chi connectivity index (χ0v) is 23.4. The lowest BCUT2D eigenvalue weighted by molar-refractivity contribution is 0.0145. The molecule has 5 unspecified atom stereocenters. The van der Waals surface area contributed by atoms with E-state index in [0.29, 0.717) is 32.6 Å². The second-order valence-corrected chi connectivity index (χ2v) is 11.5. The highest BCUT2D eigenvalue weighted by atomic mass is 16.3. The molecule has 6 N–H and O–H groups in total. The molecule has 0 aliphatic carbocycles. The summed E-state index contributed by atoms with van der Waals surface area (Å²) < 4.78 is 0. The predicted octanol–water partition coefficient (Wildman–Crippen LogP) is 0.981. The van der Waals surface area contributed by atoms with Crippen LogP contribution in [0, 0.1) is 17.3 Å². The fourth-order valence-corrected chi connectivity index (χ4v) is 3.69. The first-order chi connectivity index (χ1) is 15.8. The van der Waals surface area contributed by atoms with Crippen LogP contribution in [0.25, 0.3) is 0 Å². The number of rotatable bonds is 20. The van der Waals surface area contributed by atoms with E-state index in [-0.39, 0.29) is 29.5 Å². The zero-order chi connectivity index (χ0) is 26.3. The number of hydrogen-bond donors (Lipinski definition) is 6. The molecule has 0 aliphatic heterocycles. The Balaban J connectivity index is 4.27. The first-order valence-corrected chi connectivity index (χ1v) is 13.4. The van der Waals surface area contributed by atoms with Crippen LogP contribution in [-0.4, -0.2) is 120 Å². The summed E-state index contributed by atoms with van der Waals surface area (Å²) in [6.45, 7) is 23.4. The van der Waals surface area contributed by atoms with Crippen LogP contribution in [0.15, 0.2) is 0 Å². The summed E-state index contributed by atoms with van der Waals surface area (Å²) in [5.74, 6) is 0.366. The minimum atomic E-state index is -0.429. The third-order valence-electron chi connectivity index (χ3n) is 6.75. The summed E-state index contributed by atoms with van der Waals surface area (Å²) in [6.07, 6.45) is -0.897. The van der Waals surface area contributed by atoms with Gasteiger partial charge in [0.1, 0.15) is 0 Å². The van der Waals surface area contributed by atoms with Crippen molar-refractivity contribution in [2.45, 2.75) is 86.2 Å². The van der Waals surface area contributed by atoms with Crippen molar-refractivity contribution >= 4 is 0 Å². The van der Waals surface area contributed by atoms with Crippen LogP contribution in [0.5, 0.6) is 0 Å². The van der Waals surface area contributed by atoms with Crippen molar-refractivity contribution in [2.75, 3.05) is 65.4 Å². The van der Waals surface area contributed by atoms with Crippen molar-refractivity contribution in [3.8, 4) is 0 Å². The molecule has 0 saturated heterocycles. The normalized spacial score (nSPS) is 17.4. The van der Waals surface area contributed by atoms with Crippen LogP contribution in [-0.2, 0) is 0 Å². The van der Waals surface area contributed by atoms with E-state index in [1.807, 2.05) is 20.8 Å². The van der Waals surface area contributed by atoms with E-state index in [9.17, 15) is 20.4 Å². The summed E-state index contributed by atoms with van der Waals surface area (Å²) >= 11 is 0. The van der Waals surface area contributed by atoms with Gasteiger partial charge in [0.2, 0.25) is 0 Å². The summed E-state index contributed by atoms with van der Waals surface area (Å²) in [5, 5.41) is 47.6. The Bertz CT molecular complexity index is 488. The molecule has 34 heavy (non-hydrogen) atoms. The first-order valence-electron chi connectivity index (χ1n) is 13.4. The van der Waals surface area contributed by atoms with Gasteiger partial charge in [-0.2, -0.15) is 0 Å². The Kier molecular flexibility index (Phi) is 17.8. The highest BCUT2D eigenvalue weighted by Crippen LogP contribution is 2.28. The molecule has 0 heterocycles. The summed E-state index contributed by atoms with van der Waals surface area (Å²) in [6, 6.07) is 0. The van der Waals surface area contributed by atoms with Crippen molar-refractivity contribution in [1.29, 1.82) is 0 Å². The van der Waals surface area contributed by atoms with E-state index in [4.69, 9.17) is 0 Å². The third kappa shape index (κ3) is 16.4. The molecule has 0 bridgehead atoms. The Morgan fingerprint density at radius 2 is 1.15 bits per heavy atom. The lowest BCUT2D eigenvalue weighted by atomic mass is 9.78. The van der Waals surface area contributed by atoms with Crippen molar-refractivity contribution in [3.05, 3.63) is 0 Å². The third-order valence-corrected chi connectivity index (χ3v) is 6.75. The van der Waals surface area contributed by atoms with Crippen molar-refractivity contribution in [1.82, 2.24) is 20.4 Å². The fraction of sp³-hybridized carbons (Fsp3) is 1.00. The summed E-state index contributed by atoms with van der Waals surface area (Å²) in [5.41, 5.74) is 0.0386. The highest BCUT2D eigenvalue weighted by Gasteiger charge is 2.28. The SMILES string of the molecule is CCC(O)CN(CCNCCNCCN(CC(C)O)CC(O)C(C)C(C)(C)C)CC(O)C(C)C. The number of aliphatic hydroxyl groups excluding tert-OH is 4. The molecule has 0 rings (SSSR count). The average molecular weight is 491 g/mol. The summed E-state index contributed by atoms with van der Waals surface area (Å²) in [4.78, 5) is 4.27. The van der Waals surface area contributed by atoms with Gasteiger partial charge >= 0.3 is 0 Å².